The summed E-state index contributed by atoms with van der Waals surface area (Å²) in [7, 11) is 0. The normalized spacial score (nSPS) is 10.4. The second-order valence-electron chi connectivity index (χ2n) is 4.16. The molecular formula is C14H9BrCl2FNO. The molecule has 0 radical (unpaired) electrons. The van der Waals surface area contributed by atoms with Crippen LogP contribution in [-0.4, -0.2) is 5.91 Å². The van der Waals surface area contributed by atoms with Gasteiger partial charge in [0.25, 0.3) is 5.91 Å². The first kappa shape index (κ1) is 15.3. The summed E-state index contributed by atoms with van der Waals surface area (Å²) < 4.78 is 13.7. The first-order valence-corrected chi connectivity index (χ1v) is 7.15. The number of benzene rings is 2. The molecule has 1 N–H and O–H groups in total. The van der Waals surface area contributed by atoms with Crippen molar-refractivity contribution in [1.29, 1.82) is 0 Å². The van der Waals surface area contributed by atoms with E-state index in [1.807, 2.05) is 6.92 Å². The van der Waals surface area contributed by atoms with Crippen LogP contribution < -0.4 is 5.32 Å². The van der Waals surface area contributed by atoms with Crippen LogP contribution in [0.15, 0.2) is 34.8 Å². The molecule has 0 fully saturated rings. The molecule has 2 nitrogen and oxygen atoms in total. The van der Waals surface area contributed by atoms with Gasteiger partial charge in [0.15, 0.2) is 0 Å². The van der Waals surface area contributed by atoms with Crippen molar-refractivity contribution in [2.45, 2.75) is 6.92 Å². The standard InChI is InChI=1S/C14H9BrCl2FNO/c1-7-4-11(17)13(6-10(7)16)19-14(20)8-2-3-9(15)12(18)5-8/h2-6H,1H3,(H,19,20). The third kappa shape index (κ3) is 3.32. The summed E-state index contributed by atoms with van der Waals surface area (Å²) in [5.74, 6) is -0.969. The summed E-state index contributed by atoms with van der Waals surface area (Å²) in [6, 6.07) is 7.33. The van der Waals surface area contributed by atoms with Crippen LogP contribution in [0.4, 0.5) is 10.1 Å². The number of carbonyl (C=O) groups is 1. The van der Waals surface area contributed by atoms with Gasteiger partial charge in [-0.1, -0.05) is 23.2 Å². The Balaban J connectivity index is 2.27. The second-order valence-corrected chi connectivity index (χ2v) is 5.83. The molecular weight excluding hydrogens is 368 g/mol. The summed E-state index contributed by atoms with van der Waals surface area (Å²) in [6.07, 6.45) is 0. The lowest BCUT2D eigenvalue weighted by Gasteiger charge is -2.09. The molecule has 0 aliphatic carbocycles. The fraction of sp³-hybridized carbons (Fsp3) is 0.0714. The average molecular weight is 377 g/mol. The largest absolute Gasteiger partial charge is 0.321 e. The molecule has 2 aromatic rings. The minimum Gasteiger partial charge on any atom is -0.321 e. The van der Waals surface area contributed by atoms with Crippen molar-refractivity contribution >= 4 is 50.7 Å². The Morgan fingerprint density at radius 1 is 1.20 bits per heavy atom. The van der Waals surface area contributed by atoms with E-state index in [0.717, 1.165) is 11.6 Å². The fourth-order valence-corrected chi connectivity index (χ4v) is 2.25. The maximum absolute atomic E-state index is 13.4. The number of rotatable bonds is 2. The van der Waals surface area contributed by atoms with Gasteiger partial charge in [-0.2, -0.15) is 0 Å². The lowest BCUT2D eigenvalue weighted by atomic mass is 10.2. The lowest BCUT2D eigenvalue weighted by Crippen LogP contribution is -2.12. The molecule has 0 bridgehead atoms. The topological polar surface area (TPSA) is 29.1 Å². The molecule has 0 aliphatic heterocycles. The van der Waals surface area contributed by atoms with Gasteiger partial charge in [0.05, 0.1) is 15.2 Å². The predicted octanol–water partition coefficient (Wildman–Crippen LogP) is 5.46. The highest BCUT2D eigenvalue weighted by Crippen LogP contribution is 2.29. The quantitative estimate of drug-likeness (QED) is 0.741. The van der Waals surface area contributed by atoms with E-state index in [4.69, 9.17) is 23.2 Å². The Kier molecular flexibility index (Phi) is 4.68. The van der Waals surface area contributed by atoms with Crippen molar-refractivity contribution in [2.24, 2.45) is 0 Å². The maximum Gasteiger partial charge on any atom is 0.255 e. The van der Waals surface area contributed by atoms with Crippen LogP contribution in [0.25, 0.3) is 0 Å². The number of anilines is 1. The van der Waals surface area contributed by atoms with Crippen LogP contribution in [0.2, 0.25) is 10.0 Å². The van der Waals surface area contributed by atoms with Crippen LogP contribution in [0, 0.1) is 12.7 Å². The first-order valence-electron chi connectivity index (χ1n) is 5.60. The van der Waals surface area contributed by atoms with E-state index in [9.17, 15) is 9.18 Å². The van der Waals surface area contributed by atoms with E-state index < -0.39 is 11.7 Å². The van der Waals surface area contributed by atoms with E-state index >= 15 is 0 Å². The molecule has 2 aromatic carbocycles. The van der Waals surface area contributed by atoms with Crippen molar-refractivity contribution in [3.8, 4) is 0 Å². The number of halogens is 4. The number of nitrogens with one attached hydrogen (secondary N) is 1. The van der Waals surface area contributed by atoms with Gasteiger partial charge in [-0.15, -0.1) is 0 Å². The molecule has 1 amide bonds. The molecule has 0 aliphatic rings. The van der Waals surface area contributed by atoms with Gasteiger partial charge >= 0.3 is 0 Å². The maximum atomic E-state index is 13.4. The van der Waals surface area contributed by atoms with Gasteiger partial charge in [0, 0.05) is 10.6 Å². The van der Waals surface area contributed by atoms with E-state index in [2.05, 4.69) is 21.2 Å². The third-order valence-corrected chi connectivity index (χ3v) is 4.04. The van der Waals surface area contributed by atoms with Gasteiger partial charge in [-0.05, 0) is 58.7 Å². The highest BCUT2D eigenvalue weighted by atomic mass is 79.9. The van der Waals surface area contributed by atoms with Gasteiger partial charge < -0.3 is 5.32 Å². The van der Waals surface area contributed by atoms with Crippen molar-refractivity contribution in [3.05, 3.63) is 61.8 Å². The molecule has 0 atom stereocenters. The van der Waals surface area contributed by atoms with Crippen molar-refractivity contribution in [3.63, 3.8) is 0 Å². The lowest BCUT2D eigenvalue weighted by molar-refractivity contribution is 0.102. The van der Waals surface area contributed by atoms with E-state index in [-0.39, 0.29) is 5.56 Å². The predicted molar refractivity (Wildman–Crippen MR) is 83.3 cm³/mol. The fourth-order valence-electron chi connectivity index (χ4n) is 1.57. The second kappa shape index (κ2) is 6.12. The number of aryl methyl sites for hydroxylation is 1. The van der Waals surface area contributed by atoms with E-state index in [1.165, 1.54) is 12.1 Å². The van der Waals surface area contributed by atoms with Crippen molar-refractivity contribution in [1.82, 2.24) is 0 Å². The molecule has 0 saturated heterocycles. The highest BCUT2D eigenvalue weighted by Gasteiger charge is 2.12. The first-order chi connectivity index (χ1) is 9.38. The number of carbonyl (C=O) groups excluding carboxylic acids is 1. The van der Waals surface area contributed by atoms with Gasteiger partial charge in [0.2, 0.25) is 0 Å². The Labute approximate surface area is 134 Å². The minimum absolute atomic E-state index is 0.193. The SMILES string of the molecule is Cc1cc(Cl)c(NC(=O)c2ccc(Br)c(F)c2)cc1Cl. The number of hydrogen-bond acceptors (Lipinski definition) is 1. The summed E-state index contributed by atoms with van der Waals surface area (Å²) in [6.45, 7) is 1.81. The Morgan fingerprint density at radius 3 is 2.55 bits per heavy atom. The van der Waals surface area contributed by atoms with Crippen molar-refractivity contribution < 1.29 is 9.18 Å². The average Bonchev–Trinajstić information content (AvgIpc) is 2.39. The van der Waals surface area contributed by atoms with Crippen LogP contribution in [0.3, 0.4) is 0 Å². The van der Waals surface area contributed by atoms with Crippen LogP contribution in [0.5, 0.6) is 0 Å². The molecule has 20 heavy (non-hydrogen) atoms. The number of hydrogen-bond donors (Lipinski definition) is 1. The van der Waals surface area contributed by atoms with Crippen LogP contribution in [0.1, 0.15) is 15.9 Å². The Morgan fingerprint density at radius 2 is 1.90 bits per heavy atom. The van der Waals surface area contributed by atoms with Gasteiger partial charge in [-0.3, -0.25) is 4.79 Å². The van der Waals surface area contributed by atoms with Crippen LogP contribution >= 0.6 is 39.1 Å². The smallest absolute Gasteiger partial charge is 0.255 e. The van der Waals surface area contributed by atoms with Crippen LogP contribution in [-0.2, 0) is 0 Å². The molecule has 0 unspecified atom stereocenters. The Bertz CT molecular complexity index is 691. The molecule has 0 aromatic heterocycles. The number of amides is 1. The van der Waals surface area contributed by atoms with Gasteiger partial charge in [0.1, 0.15) is 5.82 Å². The molecule has 104 valence electrons. The summed E-state index contributed by atoms with van der Waals surface area (Å²) in [5, 5.41) is 3.47. The molecule has 0 saturated carbocycles. The third-order valence-electron chi connectivity index (χ3n) is 2.68. The zero-order valence-electron chi connectivity index (χ0n) is 10.3. The van der Waals surface area contributed by atoms with E-state index in [1.54, 1.807) is 12.1 Å². The summed E-state index contributed by atoms with van der Waals surface area (Å²) >= 11 is 15.0. The van der Waals surface area contributed by atoms with E-state index in [0.29, 0.717) is 20.2 Å². The summed E-state index contributed by atoms with van der Waals surface area (Å²) in [4.78, 5) is 12.0. The zero-order chi connectivity index (χ0) is 14.9. The Hall–Kier alpha value is -1.10. The van der Waals surface area contributed by atoms with Crippen molar-refractivity contribution in [2.75, 3.05) is 5.32 Å². The molecule has 0 heterocycles. The minimum atomic E-state index is -0.509. The monoisotopic (exact) mass is 375 g/mol. The zero-order valence-corrected chi connectivity index (χ0v) is 13.4. The highest BCUT2D eigenvalue weighted by molar-refractivity contribution is 9.10. The molecule has 2 rings (SSSR count). The summed E-state index contributed by atoms with van der Waals surface area (Å²) in [5.41, 5.74) is 1.39. The molecule has 6 heteroatoms. The molecule has 0 spiro atoms. The van der Waals surface area contributed by atoms with Gasteiger partial charge in [-0.25, -0.2) is 4.39 Å².